The van der Waals surface area contributed by atoms with Gasteiger partial charge < -0.3 is 113 Å². The van der Waals surface area contributed by atoms with Crippen LogP contribution in [-0.4, -0.2) is 227 Å². The Bertz CT molecular complexity index is 2360. The predicted molar refractivity (Wildman–Crippen MR) is 255 cm³/mol. The number of Topliss-reactive ketones (excluding diaryl/α,β-unsaturated/α-hetero) is 2. The van der Waals surface area contributed by atoms with Crippen molar-refractivity contribution in [1.82, 2.24) is 0 Å². The van der Waals surface area contributed by atoms with Crippen LogP contribution in [-0.2, 0) is 58.6 Å². The van der Waals surface area contributed by atoms with Crippen molar-refractivity contribution in [3.63, 3.8) is 0 Å². The number of ether oxygens (including phenoxy) is 11. The molecule has 2 aromatic rings. The van der Waals surface area contributed by atoms with Crippen molar-refractivity contribution < 1.29 is 123 Å². The number of carbonyl (C=O) groups excluding carboxylic acids is 2. The van der Waals surface area contributed by atoms with E-state index in [1.807, 2.05) is 0 Å². The molecular formula is C51H74O25. The van der Waals surface area contributed by atoms with E-state index < -0.39 is 183 Å². The minimum Gasteiger partial charge on any atom is -0.507 e. The summed E-state index contributed by atoms with van der Waals surface area (Å²) in [5, 5.41) is 131. The van der Waals surface area contributed by atoms with Crippen LogP contribution >= 0.6 is 0 Å². The third-order valence-electron chi connectivity index (χ3n) is 15.6. The Labute approximate surface area is 437 Å². The molecule has 8 rings (SSSR count). The van der Waals surface area contributed by atoms with E-state index in [4.69, 9.17) is 52.1 Å². The Kier molecular flexibility index (Phi) is 18.1. The van der Waals surface area contributed by atoms with E-state index in [2.05, 4.69) is 0 Å². The summed E-state index contributed by atoms with van der Waals surface area (Å²) < 4.78 is 65.5. The minimum absolute atomic E-state index is 0.0521. The number of ketones is 2. The number of aliphatic hydroxyl groups excluding tert-OH is 9. The molecule has 12 N–H and O–H groups in total. The molecule has 25 nitrogen and oxygen atoms in total. The van der Waals surface area contributed by atoms with Gasteiger partial charge in [0.1, 0.15) is 66.1 Å². The van der Waals surface area contributed by atoms with Gasteiger partial charge in [0.2, 0.25) is 6.29 Å². The maximum atomic E-state index is 15.0. The van der Waals surface area contributed by atoms with E-state index in [1.54, 1.807) is 27.7 Å². The van der Waals surface area contributed by atoms with Crippen molar-refractivity contribution in [2.24, 2.45) is 5.92 Å². The Morgan fingerprint density at radius 3 is 1.80 bits per heavy atom. The van der Waals surface area contributed by atoms with Crippen LogP contribution in [0.25, 0.3) is 10.8 Å². The van der Waals surface area contributed by atoms with Crippen molar-refractivity contribution in [2.45, 2.75) is 234 Å². The number of methoxy groups -OCH3 is 1. The van der Waals surface area contributed by atoms with E-state index in [9.17, 15) is 70.9 Å². The number of hydrogen-bond acceptors (Lipinski definition) is 25. The Balaban J connectivity index is 1.04. The van der Waals surface area contributed by atoms with Crippen molar-refractivity contribution >= 4 is 22.3 Å². The van der Waals surface area contributed by atoms with Crippen LogP contribution in [0.3, 0.4) is 0 Å². The highest BCUT2D eigenvalue weighted by molar-refractivity contribution is 6.11. The van der Waals surface area contributed by atoms with Gasteiger partial charge in [-0.3, -0.25) is 9.59 Å². The molecule has 5 heterocycles. The van der Waals surface area contributed by atoms with Gasteiger partial charge in [-0.05, 0) is 78.0 Å². The average molecular weight is 1090 g/mol. The fraction of sp³-hybridized carbons (Fsp3) is 0.765. The molecular weight excluding hydrogens is 1010 g/mol. The number of phenolic OH excluding ortho intramolecular Hbond substituents is 2. The molecule has 2 aromatic carbocycles. The highest BCUT2D eigenvalue weighted by Crippen LogP contribution is 2.47. The predicted octanol–water partition coefficient (Wildman–Crippen LogP) is -1.32. The van der Waals surface area contributed by atoms with Gasteiger partial charge in [0, 0.05) is 50.7 Å². The summed E-state index contributed by atoms with van der Waals surface area (Å²) in [5.74, 6) is -4.39. The molecule has 0 saturated carbocycles. The largest absolute Gasteiger partial charge is 0.507 e. The summed E-state index contributed by atoms with van der Waals surface area (Å²) in [6.07, 6.45) is -30.0. The van der Waals surface area contributed by atoms with E-state index in [1.165, 1.54) is 32.9 Å². The monoisotopic (exact) mass is 1090 g/mol. The van der Waals surface area contributed by atoms with Gasteiger partial charge in [-0.15, -0.1) is 0 Å². The van der Waals surface area contributed by atoms with Crippen LogP contribution in [0.4, 0.5) is 0 Å². The van der Waals surface area contributed by atoms with E-state index in [0.29, 0.717) is 0 Å². The molecule has 0 amide bonds. The number of fused-ring (bicyclic) bond motifs is 2. The summed E-state index contributed by atoms with van der Waals surface area (Å²) in [6, 6.07) is 2.96. The molecule has 0 aromatic heterocycles. The smallest absolute Gasteiger partial charge is 0.202 e. The average Bonchev–Trinajstić information content (AvgIpc) is 3.38. The van der Waals surface area contributed by atoms with Gasteiger partial charge in [-0.25, -0.2) is 0 Å². The van der Waals surface area contributed by atoms with Crippen LogP contribution in [0, 0.1) is 12.8 Å². The topological polar surface area (TPSA) is 378 Å². The van der Waals surface area contributed by atoms with Crippen LogP contribution in [0.15, 0.2) is 12.1 Å². The molecule has 5 aliphatic heterocycles. The maximum absolute atomic E-state index is 15.0. The van der Waals surface area contributed by atoms with Crippen LogP contribution in [0.2, 0.25) is 0 Å². The maximum Gasteiger partial charge on any atom is 0.202 e. The molecule has 0 radical (unpaired) electrons. The van der Waals surface area contributed by atoms with Crippen LogP contribution < -0.4 is 4.74 Å². The van der Waals surface area contributed by atoms with Gasteiger partial charge >= 0.3 is 0 Å². The summed E-state index contributed by atoms with van der Waals surface area (Å²) in [5.41, 5.74) is -1.64. The van der Waals surface area contributed by atoms with Crippen LogP contribution in [0.5, 0.6) is 17.2 Å². The first-order valence-electron chi connectivity index (χ1n) is 25.7. The van der Waals surface area contributed by atoms with Gasteiger partial charge in [0.25, 0.3) is 0 Å². The first-order chi connectivity index (χ1) is 35.7. The molecule has 5 unspecified atom stereocenters. The third kappa shape index (κ3) is 11.9. The summed E-state index contributed by atoms with van der Waals surface area (Å²) >= 11 is 0. The second-order valence-electron chi connectivity index (χ2n) is 21.4. The number of hydrogen-bond donors (Lipinski definition) is 12. The lowest BCUT2D eigenvalue weighted by Gasteiger charge is -2.46. The number of aromatic hydroxyl groups is 2. The third-order valence-corrected chi connectivity index (χ3v) is 15.6. The molecule has 1 aliphatic carbocycles. The Hall–Kier alpha value is -3.36. The summed E-state index contributed by atoms with van der Waals surface area (Å²) in [6.45, 7) is 10.4. The standard InChI is InChI=1S/C51H74O25/c1-17-27(71-32-13-28(41(57)20(4)68-32)72-31-12-26(53)40(56)19(3)67-31)11-24-9-23-10-25(47(66-8)46(62)39(55)18(2)52)48(45(61)37(23)44(60)36(24)38(17)54)75-34-15-30(43(59)50(64)76-34)73-33-14-29(42(58)21(5)69-33)74-35-16-51(7,65)49(63)22(6)70-35/h9,11,18-22,25-26,28-35,39-43,47-50,52-60,63-65H,10,12-16H2,1-8H3/t18-,19-,20-,21?,22-,25?,26-,28-,29?,30-,31-,32+,33+,34-,35?,39+,40-,41-,42-,43+,47+,48+,49?,50+,51+/m1/s1. The highest BCUT2D eigenvalue weighted by Gasteiger charge is 2.52. The Morgan fingerprint density at radius 2 is 1.22 bits per heavy atom. The summed E-state index contributed by atoms with van der Waals surface area (Å²) in [7, 11) is 1.14. The van der Waals surface area contributed by atoms with Crippen molar-refractivity contribution in [3.05, 3.63) is 28.8 Å². The molecule has 76 heavy (non-hydrogen) atoms. The van der Waals surface area contributed by atoms with Gasteiger partial charge in [0.05, 0.1) is 71.5 Å². The zero-order chi connectivity index (χ0) is 55.6. The lowest BCUT2D eigenvalue weighted by atomic mass is 9.75. The zero-order valence-electron chi connectivity index (χ0n) is 43.4. The lowest BCUT2D eigenvalue weighted by Crippen LogP contribution is -2.58. The molecule has 25 heteroatoms. The van der Waals surface area contributed by atoms with Crippen LogP contribution in [0.1, 0.15) is 95.1 Å². The number of benzene rings is 2. The van der Waals surface area contributed by atoms with Gasteiger partial charge in [0.15, 0.2) is 43.0 Å². The van der Waals surface area contributed by atoms with E-state index >= 15 is 0 Å². The molecule has 5 fully saturated rings. The van der Waals surface area contributed by atoms with E-state index in [-0.39, 0.29) is 65.3 Å². The number of rotatable bonds is 15. The van der Waals surface area contributed by atoms with Gasteiger partial charge in [-0.1, -0.05) is 0 Å². The number of aliphatic hydroxyl groups is 10. The second kappa shape index (κ2) is 23.4. The minimum atomic E-state index is -1.99. The fourth-order valence-corrected chi connectivity index (χ4v) is 11.1. The van der Waals surface area contributed by atoms with Gasteiger partial charge in [-0.2, -0.15) is 0 Å². The lowest BCUT2D eigenvalue weighted by molar-refractivity contribution is -0.351. The second-order valence-corrected chi connectivity index (χ2v) is 21.4. The molecule has 6 aliphatic rings. The summed E-state index contributed by atoms with van der Waals surface area (Å²) in [4.78, 5) is 28.8. The number of carbonyl (C=O) groups is 2. The van der Waals surface area contributed by atoms with Crippen molar-refractivity contribution in [1.29, 1.82) is 0 Å². The quantitative estimate of drug-likeness (QED) is 0.0984. The molecule has 25 atom stereocenters. The molecule has 0 bridgehead atoms. The molecule has 428 valence electrons. The highest BCUT2D eigenvalue weighted by atomic mass is 16.8. The van der Waals surface area contributed by atoms with E-state index in [0.717, 1.165) is 7.11 Å². The number of phenols is 2. The molecule has 0 spiro atoms. The van der Waals surface area contributed by atoms with Crippen molar-refractivity contribution in [3.8, 4) is 17.2 Å². The Morgan fingerprint density at radius 1 is 0.697 bits per heavy atom. The molecule has 5 saturated heterocycles. The SMILES string of the molecule is CO[C@H](C(=O)[C@@H](O)[C@@H](C)O)C1Cc2cc3cc(O[C@H]4C[C@@H](O[C@@H]5C[C@@H](O)[C@H](O)[C@@H](C)O5)[C@H](O)[C@@H](C)O4)c(C)c(O)c3c(O)c2C(=O)[C@H]1O[C@H]1C[C@@H](O[C@H]2CC(OC3C[C@](C)(O)C(O)[C@@H](C)O3)[C@H](O)C(C)O2)[C@H](O)[C@@H](O)O1. The van der Waals surface area contributed by atoms with Crippen molar-refractivity contribution in [2.75, 3.05) is 7.11 Å². The fourth-order valence-electron chi connectivity index (χ4n) is 11.1. The normalized spacial score (nSPS) is 42.5. The first-order valence-corrected chi connectivity index (χ1v) is 25.7. The first kappa shape index (κ1) is 58.8. The zero-order valence-corrected chi connectivity index (χ0v) is 43.4.